The van der Waals surface area contributed by atoms with Gasteiger partial charge in [0.2, 0.25) is 0 Å². The fourth-order valence-corrected chi connectivity index (χ4v) is 8.27. The summed E-state index contributed by atoms with van der Waals surface area (Å²) in [6.45, 7) is 3.72. The smallest absolute Gasteiger partial charge is 0.165 e. The van der Waals surface area contributed by atoms with Crippen molar-refractivity contribution in [2.24, 2.45) is 0 Å². The van der Waals surface area contributed by atoms with Gasteiger partial charge in [0, 0.05) is 25.7 Å². The zero-order valence-corrected chi connectivity index (χ0v) is 18.1. The Balaban J connectivity index is 1.64. The van der Waals surface area contributed by atoms with Gasteiger partial charge >= 0.3 is 0 Å². The highest BCUT2D eigenvalue weighted by Gasteiger charge is 2.58. The molecule has 3 aromatic rings. The van der Waals surface area contributed by atoms with Gasteiger partial charge < -0.3 is 5.32 Å². The third-order valence-electron chi connectivity index (χ3n) is 6.47. The quantitative estimate of drug-likeness (QED) is 0.565. The van der Waals surface area contributed by atoms with E-state index in [1.165, 1.54) is 4.70 Å². The Hall–Kier alpha value is -2.36. The predicted molar refractivity (Wildman–Crippen MR) is 120 cm³/mol. The van der Waals surface area contributed by atoms with Crippen LogP contribution >= 0.6 is 11.3 Å². The van der Waals surface area contributed by atoms with Crippen LogP contribution in [0.4, 0.5) is 0 Å². The van der Waals surface area contributed by atoms with Gasteiger partial charge in [-0.3, -0.25) is 5.41 Å². The predicted octanol–water partition coefficient (Wildman–Crippen LogP) is 4.56. The van der Waals surface area contributed by atoms with Crippen molar-refractivity contribution in [2.45, 2.75) is 43.4 Å². The Morgan fingerprint density at radius 1 is 1.10 bits per heavy atom. The summed E-state index contributed by atoms with van der Waals surface area (Å²) in [5, 5.41) is 14.0. The zero-order valence-electron chi connectivity index (χ0n) is 16.4. The van der Waals surface area contributed by atoms with Crippen molar-refractivity contribution in [1.82, 2.24) is 5.32 Å². The molecule has 2 aliphatic rings. The second-order valence-corrected chi connectivity index (χ2v) is 11.7. The molecule has 1 atom stereocenters. The molecule has 0 unspecified atom stereocenters. The summed E-state index contributed by atoms with van der Waals surface area (Å²) in [4.78, 5) is 0. The Morgan fingerprint density at radius 2 is 1.79 bits per heavy atom. The van der Waals surface area contributed by atoms with Crippen LogP contribution in [0.3, 0.4) is 0 Å². The van der Waals surface area contributed by atoms with Crippen LogP contribution in [-0.4, -0.2) is 24.8 Å². The lowest BCUT2D eigenvalue weighted by Gasteiger charge is -2.50. The lowest BCUT2D eigenvalue weighted by atomic mass is 9.81. The van der Waals surface area contributed by atoms with E-state index in [1.54, 1.807) is 11.3 Å². The topological polar surface area (TPSA) is 70.0 Å². The van der Waals surface area contributed by atoms with E-state index in [0.717, 1.165) is 33.0 Å². The van der Waals surface area contributed by atoms with E-state index in [2.05, 4.69) is 41.4 Å². The summed E-state index contributed by atoms with van der Waals surface area (Å²) in [5.41, 5.74) is 1.07. The van der Waals surface area contributed by atoms with Crippen molar-refractivity contribution >= 4 is 47.2 Å². The second kappa shape index (κ2) is 6.07. The van der Waals surface area contributed by atoms with Crippen LogP contribution in [0.2, 0.25) is 0 Å². The summed E-state index contributed by atoms with van der Waals surface area (Å²) in [6.07, 6.45) is 2.00. The van der Waals surface area contributed by atoms with E-state index < -0.39 is 20.1 Å². The SMILES string of the molecule is CC#Cc1ccc2sc3ccc([C@]4(C)CS(=O)(=O)C5(CCC5)C(=N)N4)cc3c2c1. The first-order valence-corrected chi connectivity index (χ1v) is 12.2. The van der Waals surface area contributed by atoms with Gasteiger partial charge in [0.1, 0.15) is 10.6 Å². The Labute approximate surface area is 174 Å². The maximum Gasteiger partial charge on any atom is 0.165 e. The minimum atomic E-state index is -3.39. The molecule has 5 rings (SSSR count). The van der Waals surface area contributed by atoms with Gasteiger partial charge in [-0.2, -0.15) is 0 Å². The Morgan fingerprint density at radius 3 is 2.41 bits per heavy atom. The Bertz CT molecular complexity index is 1350. The highest BCUT2D eigenvalue weighted by molar-refractivity contribution is 7.93. The maximum atomic E-state index is 13.1. The van der Waals surface area contributed by atoms with Crippen LogP contribution in [0, 0.1) is 17.3 Å². The summed E-state index contributed by atoms with van der Waals surface area (Å²) in [6, 6.07) is 12.4. The number of thiophene rings is 1. The van der Waals surface area contributed by atoms with Gasteiger partial charge in [-0.25, -0.2) is 8.42 Å². The van der Waals surface area contributed by atoms with Gasteiger partial charge in [-0.05, 0) is 69.0 Å². The molecule has 6 heteroatoms. The molecule has 148 valence electrons. The van der Waals surface area contributed by atoms with E-state index in [-0.39, 0.29) is 11.6 Å². The molecule has 2 heterocycles. The number of fused-ring (bicyclic) bond motifs is 3. The van der Waals surface area contributed by atoms with Crippen molar-refractivity contribution in [3.63, 3.8) is 0 Å². The molecular weight excluding hydrogens is 400 g/mol. The standard InChI is InChI=1S/C23H22N2O2S2/c1-3-5-15-6-8-19-17(12-15)18-13-16(7-9-20(18)28-19)22(2)14-29(26,27)23(10-4-11-23)21(24)25-22/h6-9,12-13H,4,10-11,14H2,1-2H3,(H2,24,25)/t22-/m0/s1. The van der Waals surface area contributed by atoms with E-state index in [1.807, 2.05) is 26.0 Å². The molecule has 0 radical (unpaired) electrons. The number of hydrogen-bond donors (Lipinski definition) is 2. The number of rotatable bonds is 1. The molecule has 29 heavy (non-hydrogen) atoms. The number of nitrogens with one attached hydrogen (secondary N) is 2. The lowest BCUT2D eigenvalue weighted by molar-refractivity contribution is 0.361. The van der Waals surface area contributed by atoms with Crippen molar-refractivity contribution in [2.75, 3.05) is 5.75 Å². The average molecular weight is 423 g/mol. The maximum absolute atomic E-state index is 13.1. The zero-order chi connectivity index (χ0) is 20.4. The molecule has 1 aliphatic heterocycles. The van der Waals surface area contributed by atoms with Gasteiger partial charge in [0.05, 0.1) is 11.3 Å². The van der Waals surface area contributed by atoms with Crippen molar-refractivity contribution in [1.29, 1.82) is 5.41 Å². The molecular formula is C23H22N2O2S2. The molecule has 2 N–H and O–H groups in total. The van der Waals surface area contributed by atoms with Crippen LogP contribution in [0.5, 0.6) is 0 Å². The molecule has 1 saturated heterocycles. The van der Waals surface area contributed by atoms with Crippen molar-refractivity contribution in [3.05, 3.63) is 47.5 Å². The van der Waals surface area contributed by atoms with Gasteiger partial charge in [0.25, 0.3) is 0 Å². The minimum absolute atomic E-state index is 0.0164. The van der Waals surface area contributed by atoms with E-state index in [4.69, 9.17) is 5.41 Å². The molecule has 0 amide bonds. The minimum Gasteiger partial charge on any atom is -0.362 e. The molecule has 1 aliphatic carbocycles. The monoisotopic (exact) mass is 422 g/mol. The van der Waals surface area contributed by atoms with Crippen LogP contribution in [0.15, 0.2) is 36.4 Å². The third kappa shape index (κ3) is 2.57. The number of benzene rings is 2. The molecule has 1 spiro atoms. The van der Waals surface area contributed by atoms with Gasteiger partial charge in [0.15, 0.2) is 9.84 Å². The third-order valence-corrected chi connectivity index (χ3v) is 10.4. The van der Waals surface area contributed by atoms with Gasteiger partial charge in [-0.1, -0.05) is 12.0 Å². The summed E-state index contributed by atoms with van der Waals surface area (Å²) < 4.78 is 27.6. The fraction of sp³-hybridized carbons (Fsp3) is 0.348. The number of amidine groups is 1. The number of sulfone groups is 1. The average Bonchev–Trinajstić information content (AvgIpc) is 2.96. The summed E-state index contributed by atoms with van der Waals surface area (Å²) in [5.74, 6) is 6.23. The van der Waals surface area contributed by atoms with Crippen molar-refractivity contribution < 1.29 is 8.42 Å². The normalized spacial score (nSPS) is 24.7. The lowest BCUT2D eigenvalue weighted by Crippen LogP contribution is -2.68. The molecule has 4 nitrogen and oxygen atoms in total. The van der Waals surface area contributed by atoms with Crippen molar-refractivity contribution in [3.8, 4) is 11.8 Å². The number of hydrogen-bond acceptors (Lipinski definition) is 4. The first-order valence-electron chi connectivity index (χ1n) is 9.77. The van der Waals surface area contributed by atoms with Gasteiger partial charge in [-0.15, -0.1) is 17.3 Å². The van der Waals surface area contributed by atoms with E-state index >= 15 is 0 Å². The van der Waals surface area contributed by atoms with Crippen LogP contribution in [-0.2, 0) is 15.4 Å². The highest BCUT2D eigenvalue weighted by atomic mass is 32.2. The molecule has 1 aromatic heterocycles. The molecule has 1 saturated carbocycles. The summed E-state index contributed by atoms with van der Waals surface area (Å²) >= 11 is 1.73. The Kier molecular flexibility index (Phi) is 3.90. The first-order chi connectivity index (χ1) is 13.8. The summed E-state index contributed by atoms with van der Waals surface area (Å²) in [7, 11) is -3.39. The van der Waals surface area contributed by atoms with Crippen LogP contribution in [0.1, 0.15) is 44.2 Å². The van der Waals surface area contributed by atoms with Crippen LogP contribution < -0.4 is 5.32 Å². The molecule has 2 aromatic carbocycles. The van der Waals surface area contributed by atoms with E-state index in [0.29, 0.717) is 12.8 Å². The fourth-order valence-electron chi connectivity index (χ4n) is 4.66. The van der Waals surface area contributed by atoms with E-state index in [9.17, 15) is 8.42 Å². The second-order valence-electron chi connectivity index (χ2n) is 8.34. The van der Waals surface area contributed by atoms with Crippen LogP contribution in [0.25, 0.3) is 20.2 Å². The largest absolute Gasteiger partial charge is 0.362 e. The highest BCUT2D eigenvalue weighted by Crippen LogP contribution is 2.46. The molecule has 2 fully saturated rings. The molecule has 0 bridgehead atoms. The first kappa shape index (κ1) is 18.7.